The summed E-state index contributed by atoms with van der Waals surface area (Å²) in [6.45, 7) is 6.16. The fraction of sp³-hybridized carbons (Fsp3) is 0.421. The molecule has 26 heavy (non-hydrogen) atoms. The summed E-state index contributed by atoms with van der Waals surface area (Å²) in [5.74, 6) is 2.06. The lowest BCUT2D eigenvalue weighted by Gasteiger charge is -2.19. The smallest absolute Gasteiger partial charge is 0.242 e. The van der Waals surface area contributed by atoms with Crippen molar-refractivity contribution in [3.63, 3.8) is 0 Å². The van der Waals surface area contributed by atoms with Crippen LogP contribution in [0.4, 0.5) is 5.82 Å². The molecule has 0 spiro atoms. The molecule has 3 rings (SSSR count). The fourth-order valence-corrected chi connectivity index (χ4v) is 3.64. The first kappa shape index (κ1) is 18.5. The summed E-state index contributed by atoms with van der Waals surface area (Å²) in [4.78, 5) is 24.8. The number of amides is 2. The van der Waals surface area contributed by atoms with E-state index in [0.717, 1.165) is 28.3 Å². The van der Waals surface area contributed by atoms with Crippen molar-refractivity contribution < 1.29 is 9.59 Å². The first-order valence-corrected chi connectivity index (χ1v) is 9.78. The molecule has 0 radical (unpaired) electrons. The molecule has 0 atom stereocenters. The minimum Gasteiger partial charge on any atom is -0.350 e. The minimum absolute atomic E-state index is 0.0805. The summed E-state index contributed by atoms with van der Waals surface area (Å²) < 4.78 is 1.62. The first-order valence-electron chi connectivity index (χ1n) is 8.63. The lowest BCUT2D eigenvalue weighted by atomic mass is 9.96. The van der Waals surface area contributed by atoms with E-state index in [-0.39, 0.29) is 18.4 Å². The van der Waals surface area contributed by atoms with Gasteiger partial charge in [0.15, 0.2) is 0 Å². The lowest BCUT2D eigenvalue weighted by molar-refractivity contribution is -0.124. The molecule has 0 bridgehead atoms. The molecular formula is C19H24N4O2S. The molecule has 0 fully saturated rings. The zero-order valence-electron chi connectivity index (χ0n) is 15.3. The van der Waals surface area contributed by atoms with E-state index < -0.39 is 5.41 Å². The predicted octanol–water partition coefficient (Wildman–Crippen LogP) is 2.93. The van der Waals surface area contributed by atoms with Gasteiger partial charge in [-0.2, -0.15) is 16.9 Å². The summed E-state index contributed by atoms with van der Waals surface area (Å²) in [6.07, 6.45) is 0. The van der Waals surface area contributed by atoms with Crippen LogP contribution >= 0.6 is 11.8 Å². The maximum Gasteiger partial charge on any atom is 0.242 e. The molecule has 0 saturated heterocycles. The number of nitrogens with zero attached hydrogens (tertiary/aromatic N) is 2. The van der Waals surface area contributed by atoms with E-state index in [1.165, 1.54) is 0 Å². The molecule has 2 N–H and O–H groups in total. The van der Waals surface area contributed by atoms with Crippen LogP contribution in [0.15, 0.2) is 30.3 Å². The van der Waals surface area contributed by atoms with Gasteiger partial charge in [0.2, 0.25) is 11.8 Å². The molecular weight excluding hydrogens is 348 g/mol. The van der Waals surface area contributed by atoms with Crippen LogP contribution in [0.3, 0.4) is 0 Å². The van der Waals surface area contributed by atoms with Crippen molar-refractivity contribution >= 4 is 29.4 Å². The van der Waals surface area contributed by atoms with Crippen molar-refractivity contribution in [3.8, 4) is 0 Å². The second-order valence-electron chi connectivity index (χ2n) is 7.39. The van der Waals surface area contributed by atoms with E-state index in [2.05, 4.69) is 15.7 Å². The van der Waals surface area contributed by atoms with E-state index >= 15 is 0 Å². The van der Waals surface area contributed by atoms with E-state index in [4.69, 9.17) is 0 Å². The number of thioether (sulfide) groups is 1. The Morgan fingerprint density at radius 3 is 2.62 bits per heavy atom. The highest BCUT2D eigenvalue weighted by atomic mass is 32.2. The third kappa shape index (κ3) is 4.27. The number of anilines is 1. The summed E-state index contributed by atoms with van der Waals surface area (Å²) in [7, 11) is 0. The average Bonchev–Trinajstić information content (AvgIpc) is 3.16. The Bertz CT molecular complexity index is 809. The van der Waals surface area contributed by atoms with Gasteiger partial charge >= 0.3 is 0 Å². The second-order valence-corrected chi connectivity index (χ2v) is 8.38. The van der Waals surface area contributed by atoms with Gasteiger partial charge in [0.05, 0.1) is 5.69 Å². The standard InChI is InChI=1S/C19H24N4O2S/c1-19(2,3)18(25)21-17-14-11-26-12-15(14)22-23(17)10-16(24)20-9-13-7-5-4-6-8-13/h4-8H,9-12H2,1-3H3,(H,20,24)(H,21,25). The summed E-state index contributed by atoms with van der Waals surface area (Å²) in [5, 5.41) is 10.4. The van der Waals surface area contributed by atoms with Crippen molar-refractivity contribution in [1.29, 1.82) is 0 Å². The van der Waals surface area contributed by atoms with Crippen molar-refractivity contribution in [2.75, 3.05) is 5.32 Å². The van der Waals surface area contributed by atoms with Gasteiger partial charge in [0.1, 0.15) is 12.4 Å². The quantitative estimate of drug-likeness (QED) is 0.846. The van der Waals surface area contributed by atoms with Crippen LogP contribution in [0.1, 0.15) is 37.6 Å². The average molecular weight is 372 g/mol. The number of benzene rings is 1. The number of carbonyl (C=O) groups excluding carboxylic acids is 2. The Hall–Kier alpha value is -2.28. The summed E-state index contributed by atoms with van der Waals surface area (Å²) >= 11 is 1.77. The molecule has 0 aliphatic carbocycles. The normalized spacial score (nSPS) is 13.3. The van der Waals surface area contributed by atoms with Gasteiger partial charge in [-0.1, -0.05) is 51.1 Å². The van der Waals surface area contributed by atoms with Gasteiger partial charge in [-0.15, -0.1) is 0 Å². The van der Waals surface area contributed by atoms with Gasteiger partial charge in [-0.3, -0.25) is 9.59 Å². The third-order valence-electron chi connectivity index (χ3n) is 4.16. The van der Waals surface area contributed by atoms with Crippen LogP contribution < -0.4 is 10.6 Å². The fourth-order valence-electron chi connectivity index (χ4n) is 2.60. The van der Waals surface area contributed by atoms with Crippen LogP contribution in [0.2, 0.25) is 0 Å². The molecule has 2 aromatic rings. The Morgan fingerprint density at radius 1 is 1.19 bits per heavy atom. The number of fused-ring (bicyclic) bond motifs is 1. The van der Waals surface area contributed by atoms with Crippen LogP contribution in [-0.4, -0.2) is 21.6 Å². The molecule has 138 valence electrons. The number of rotatable bonds is 5. The molecule has 0 saturated carbocycles. The van der Waals surface area contributed by atoms with Gasteiger partial charge in [0.25, 0.3) is 0 Å². The molecule has 2 amide bonds. The Balaban J connectivity index is 1.71. The number of hydrogen-bond donors (Lipinski definition) is 2. The molecule has 0 unspecified atom stereocenters. The third-order valence-corrected chi connectivity index (χ3v) is 5.13. The van der Waals surface area contributed by atoms with E-state index in [1.54, 1.807) is 16.4 Å². The van der Waals surface area contributed by atoms with Gasteiger partial charge in [0, 0.05) is 29.0 Å². The zero-order chi connectivity index (χ0) is 18.7. The maximum absolute atomic E-state index is 12.4. The number of nitrogens with one attached hydrogen (secondary N) is 2. The van der Waals surface area contributed by atoms with Crippen molar-refractivity contribution in [2.45, 2.75) is 45.4 Å². The topological polar surface area (TPSA) is 76.0 Å². The Morgan fingerprint density at radius 2 is 1.92 bits per heavy atom. The van der Waals surface area contributed by atoms with Crippen LogP contribution in [0, 0.1) is 5.41 Å². The van der Waals surface area contributed by atoms with Gasteiger partial charge in [-0.25, -0.2) is 4.68 Å². The molecule has 1 aliphatic heterocycles. The monoisotopic (exact) mass is 372 g/mol. The highest BCUT2D eigenvalue weighted by molar-refractivity contribution is 7.98. The molecule has 1 aliphatic rings. The summed E-state index contributed by atoms with van der Waals surface area (Å²) in [6, 6.07) is 9.76. The van der Waals surface area contributed by atoms with Crippen LogP contribution in [-0.2, 0) is 34.2 Å². The van der Waals surface area contributed by atoms with Crippen molar-refractivity contribution in [1.82, 2.24) is 15.1 Å². The molecule has 6 nitrogen and oxygen atoms in total. The highest BCUT2D eigenvalue weighted by Gasteiger charge is 2.28. The number of hydrogen-bond acceptors (Lipinski definition) is 4. The van der Waals surface area contributed by atoms with Crippen molar-refractivity contribution in [2.24, 2.45) is 5.41 Å². The van der Waals surface area contributed by atoms with E-state index in [0.29, 0.717) is 12.4 Å². The minimum atomic E-state index is -0.511. The van der Waals surface area contributed by atoms with Crippen molar-refractivity contribution in [3.05, 3.63) is 47.2 Å². The SMILES string of the molecule is CC(C)(C)C(=O)Nc1c2c(nn1CC(=O)NCc1ccccc1)CSC2. The largest absolute Gasteiger partial charge is 0.350 e. The molecule has 1 aromatic heterocycles. The second kappa shape index (κ2) is 7.53. The molecule has 1 aromatic carbocycles. The molecule has 7 heteroatoms. The summed E-state index contributed by atoms with van der Waals surface area (Å²) in [5.41, 5.74) is 2.52. The van der Waals surface area contributed by atoms with Crippen LogP contribution in [0.25, 0.3) is 0 Å². The van der Waals surface area contributed by atoms with Gasteiger partial charge in [-0.05, 0) is 5.56 Å². The first-order chi connectivity index (χ1) is 12.3. The van der Waals surface area contributed by atoms with E-state index in [9.17, 15) is 9.59 Å². The zero-order valence-corrected chi connectivity index (χ0v) is 16.2. The van der Waals surface area contributed by atoms with E-state index in [1.807, 2.05) is 51.1 Å². The Labute approximate surface area is 157 Å². The highest BCUT2D eigenvalue weighted by Crippen LogP contribution is 2.35. The van der Waals surface area contributed by atoms with Crippen LogP contribution in [0.5, 0.6) is 0 Å². The molecule has 2 heterocycles. The number of aromatic nitrogens is 2. The Kier molecular flexibility index (Phi) is 5.36. The maximum atomic E-state index is 12.4. The lowest BCUT2D eigenvalue weighted by Crippen LogP contribution is -2.31. The van der Waals surface area contributed by atoms with Gasteiger partial charge < -0.3 is 10.6 Å². The number of carbonyl (C=O) groups is 2. The predicted molar refractivity (Wildman–Crippen MR) is 104 cm³/mol.